The van der Waals surface area contributed by atoms with Gasteiger partial charge < -0.3 is 26.2 Å². The fourth-order valence-electron chi connectivity index (χ4n) is 3.48. The van der Waals surface area contributed by atoms with Crippen LogP contribution in [0.1, 0.15) is 27.0 Å². The lowest BCUT2D eigenvalue weighted by atomic mass is 10.0. The Morgan fingerprint density at radius 2 is 1.25 bits per heavy atom. The summed E-state index contributed by atoms with van der Waals surface area (Å²) in [5.41, 5.74) is 7.81. The Balaban J connectivity index is 1.69. The molecule has 0 aliphatic carbocycles. The van der Waals surface area contributed by atoms with Gasteiger partial charge in [-0.2, -0.15) is 0 Å². The standard InChI is InChI=1S/C27H27N3O6/c28-24(31)22(15-19-11-13-21(14-12-19)26(33)34)29-25(32)23(16-18-7-3-1-4-8-18)30-27(35)36-17-20-9-5-2-6-10-20/h1-14,22-23H,15-17H2,(H2,28,31)(H,29,32)(H,30,35)(H,33,34)/t22-,23-/m0/s1. The van der Waals surface area contributed by atoms with Crippen molar-refractivity contribution in [2.75, 3.05) is 0 Å². The van der Waals surface area contributed by atoms with Crippen LogP contribution >= 0.6 is 0 Å². The normalized spacial score (nSPS) is 12.1. The number of hydrogen-bond donors (Lipinski definition) is 4. The first-order valence-electron chi connectivity index (χ1n) is 11.2. The predicted molar refractivity (Wildman–Crippen MR) is 132 cm³/mol. The van der Waals surface area contributed by atoms with E-state index in [-0.39, 0.29) is 25.0 Å². The third-order valence-electron chi connectivity index (χ3n) is 5.40. The molecule has 5 N–H and O–H groups in total. The van der Waals surface area contributed by atoms with Gasteiger partial charge in [-0.1, -0.05) is 72.8 Å². The molecule has 0 unspecified atom stereocenters. The second-order valence-corrected chi connectivity index (χ2v) is 8.12. The molecule has 3 aromatic rings. The SMILES string of the molecule is NC(=O)[C@H](Cc1ccc(C(=O)O)cc1)NC(=O)[C@H](Cc1ccccc1)NC(=O)OCc1ccccc1. The quantitative estimate of drug-likeness (QED) is 0.325. The molecule has 0 heterocycles. The lowest BCUT2D eigenvalue weighted by Gasteiger charge is -2.22. The van der Waals surface area contributed by atoms with Crippen LogP contribution in [0, 0.1) is 0 Å². The van der Waals surface area contributed by atoms with E-state index in [0.717, 1.165) is 11.1 Å². The van der Waals surface area contributed by atoms with Gasteiger partial charge in [-0.25, -0.2) is 9.59 Å². The maximum atomic E-state index is 13.1. The number of carbonyl (C=O) groups excluding carboxylic acids is 3. The highest BCUT2D eigenvalue weighted by Crippen LogP contribution is 2.09. The van der Waals surface area contributed by atoms with Crippen LogP contribution in [-0.2, 0) is 33.8 Å². The average molecular weight is 490 g/mol. The molecule has 0 saturated heterocycles. The molecular formula is C27H27N3O6. The van der Waals surface area contributed by atoms with E-state index in [0.29, 0.717) is 5.56 Å². The van der Waals surface area contributed by atoms with Gasteiger partial charge in [0.25, 0.3) is 0 Å². The summed E-state index contributed by atoms with van der Waals surface area (Å²) < 4.78 is 5.26. The highest BCUT2D eigenvalue weighted by Gasteiger charge is 2.27. The average Bonchev–Trinajstić information content (AvgIpc) is 2.88. The van der Waals surface area contributed by atoms with E-state index in [4.69, 9.17) is 15.6 Å². The van der Waals surface area contributed by atoms with Gasteiger partial charge in [-0.15, -0.1) is 0 Å². The van der Waals surface area contributed by atoms with Gasteiger partial charge in [0.05, 0.1) is 5.56 Å². The third kappa shape index (κ3) is 7.98. The number of hydrogen-bond acceptors (Lipinski definition) is 5. The Kier molecular flexibility index (Phi) is 9.16. The number of aromatic carboxylic acids is 1. The van der Waals surface area contributed by atoms with Gasteiger partial charge in [0.2, 0.25) is 11.8 Å². The minimum absolute atomic E-state index is 0.0304. The second-order valence-electron chi connectivity index (χ2n) is 8.12. The van der Waals surface area contributed by atoms with Crippen LogP contribution in [0.4, 0.5) is 4.79 Å². The molecule has 0 fully saturated rings. The van der Waals surface area contributed by atoms with Crippen molar-refractivity contribution in [3.63, 3.8) is 0 Å². The zero-order valence-corrected chi connectivity index (χ0v) is 19.4. The number of benzene rings is 3. The van der Waals surface area contributed by atoms with Crippen molar-refractivity contribution in [1.82, 2.24) is 10.6 Å². The summed E-state index contributed by atoms with van der Waals surface area (Å²) >= 11 is 0. The molecule has 3 rings (SSSR count). The number of rotatable bonds is 11. The number of carbonyl (C=O) groups is 4. The van der Waals surface area contributed by atoms with E-state index in [2.05, 4.69) is 10.6 Å². The van der Waals surface area contributed by atoms with Crippen molar-refractivity contribution in [2.24, 2.45) is 5.73 Å². The van der Waals surface area contributed by atoms with Crippen LogP contribution in [0.2, 0.25) is 0 Å². The number of amides is 3. The minimum atomic E-state index is -1.08. The smallest absolute Gasteiger partial charge is 0.408 e. The summed E-state index contributed by atoms with van der Waals surface area (Å²) in [6.07, 6.45) is -0.571. The second kappa shape index (κ2) is 12.7. The van der Waals surface area contributed by atoms with E-state index in [9.17, 15) is 19.2 Å². The third-order valence-corrected chi connectivity index (χ3v) is 5.40. The summed E-state index contributed by atoms with van der Waals surface area (Å²) in [5, 5.41) is 14.2. The summed E-state index contributed by atoms with van der Waals surface area (Å²) in [6.45, 7) is 0.0304. The van der Waals surface area contributed by atoms with E-state index in [1.165, 1.54) is 12.1 Å². The fourth-order valence-corrected chi connectivity index (χ4v) is 3.48. The van der Waals surface area contributed by atoms with Crippen LogP contribution in [0.15, 0.2) is 84.9 Å². The lowest BCUT2D eigenvalue weighted by Crippen LogP contribution is -2.54. The van der Waals surface area contributed by atoms with Crippen LogP contribution in [0.25, 0.3) is 0 Å². The first-order chi connectivity index (χ1) is 17.3. The van der Waals surface area contributed by atoms with Crippen molar-refractivity contribution >= 4 is 23.9 Å². The molecule has 186 valence electrons. The highest BCUT2D eigenvalue weighted by molar-refractivity contribution is 5.91. The first kappa shape index (κ1) is 26.0. The Labute approximate surface area is 208 Å². The van der Waals surface area contributed by atoms with Gasteiger partial charge in [-0.05, 0) is 28.8 Å². The van der Waals surface area contributed by atoms with Crippen molar-refractivity contribution < 1.29 is 29.0 Å². The molecule has 0 radical (unpaired) electrons. The summed E-state index contributed by atoms with van der Waals surface area (Å²) in [4.78, 5) is 48.7. The largest absolute Gasteiger partial charge is 0.478 e. The first-order valence-corrected chi connectivity index (χ1v) is 11.2. The van der Waals surface area contributed by atoms with E-state index in [1.807, 2.05) is 60.7 Å². The van der Waals surface area contributed by atoms with Crippen LogP contribution in [0.5, 0.6) is 0 Å². The van der Waals surface area contributed by atoms with Gasteiger partial charge in [0.15, 0.2) is 0 Å². The summed E-state index contributed by atoms with van der Waals surface area (Å²) in [5.74, 6) is -2.45. The fraction of sp³-hybridized carbons (Fsp3) is 0.185. The number of primary amides is 1. The molecule has 0 aliphatic rings. The zero-order valence-electron chi connectivity index (χ0n) is 19.4. The molecule has 0 saturated carbocycles. The van der Waals surface area contributed by atoms with Crippen LogP contribution in [-0.4, -0.2) is 41.1 Å². The van der Waals surface area contributed by atoms with Gasteiger partial charge in [-0.3, -0.25) is 9.59 Å². The molecule has 0 aromatic heterocycles. The van der Waals surface area contributed by atoms with Gasteiger partial charge >= 0.3 is 12.1 Å². The molecule has 3 aromatic carbocycles. The van der Waals surface area contributed by atoms with E-state index < -0.39 is 36.0 Å². The Morgan fingerprint density at radius 3 is 1.81 bits per heavy atom. The molecule has 0 spiro atoms. The number of ether oxygens (including phenoxy) is 1. The van der Waals surface area contributed by atoms with Crippen molar-refractivity contribution in [3.8, 4) is 0 Å². The zero-order chi connectivity index (χ0) is 25.9. The van der Waals surface area contributed by atoms with Crippen molar-refractivity contribution in [1.29, 1.82) is 0 Å². The number of carboxylic acids is 1. The molecule has 9 nitrogen and oxygen atoms in total. The lowest BCUT2D eigenvalue weighted by molar-refractivity contribution is -0.128. The van der Waals surface area contributed by atoms with Gasteiger partial charge in [0.1, 0.15) is 18.7 Å². The highest BCUT2D eigenvalue weighted by atomic mass is 16.5. The summed E-state index contributed by atoms with van der Waals surface area (Å²) in [7, 11) is 0. The topological polar surface area (TPSA) is 148 Å². The molecule has 3 amide bonds. The van der Waals surface area contributed by atoms with Crippen LogP contribution < -0.4 is 16.4 Å². The van der Waals surface area contributed by atoms with Crippen molar-refractivity contribution in [3.05, 3.63) is 107 Å². The molecule has 9 heteroatoms. The predicted octanol–water partition coefficient (Wildman–Crippen LogP) is 2.44. The van der Waals surface area contributed by atoms with E-state index in [1.54, 1.807) is 12.1 Å². The number of nitrogens with one attached hydrogen (secondary N) is 2. The molecule has 0 bridgehead atoms. The maximum absolute atomic E-state index is 13.1. The molecule has 36 heavy (non-hydrogen) atoms. The Hall–Kier alpha value is -4.66. The van der Waals surface area contributed by atoms with Crippen LogP contribution in [0.3, 0.4) is 0 Å². The monoisotopic (exact) mass is 489 g/mol. The summed E-state index contributed by atoms with van der Waals surface area (Å²) in [6, 6.07) is 22.0. The van der Waals surface area contributed by atoms with Crippen molar-refractivity contribution in [2.45, 2.75) is 31.5 Å². The van der Waals surface area contributed by atoms with E-state index >= 15 is 0 Å². The van der Waals surface area contributed by atoms with Gasteiger partial charge in [0, 0.05) is 12.8 Å². The number of nitrogens with two attached hydrogens (primary N) is 1. The maximum Gasteiger partial charge on any atom is 0.408 e. The molecule has 2 atom stereocenters. The number of alkyl carbamates (subject to hydrolysis) is 1. The Bertz CT molecular complexity index is 1180. The Morgan fingerprint density at radius 1 is 0.722 bits per heavy atom. The number of carboxylic acid groups (broad SMARTS) is 1. The molecule has 0 aliphatic heterocycles. The minimum Gasteiger partial charge on any atom is -0.478 e. The molecular weight excluding hydrogens is 462 g/mol.